The summed E-state index contributed by atoms with van der Waals surface area (Å²) in [5, 5.41) is 2.14. The Kier molecular flexibility index (Phi) is 8.56. The van der Waals surface area contributed by atoms with Crippen LogP contribution in [0.25, 0.3) is 0 Å². The van der Waals surface area contributed by atoms with Gasteiger partial charge in [0.1, 0.15) is 11.1 Å². The summed E-state index contributed by atoms with van der Waals surface area (Å²) in [5.41, 5.74) is 0.0382. The molecular formula is C17H23ClFNO3S. The van der Waals surface area contributed by atoms with Gasteiger partial charge in [0, 0.05) is 11.8 Å². The fourth-order valence-corrected chi connectivity index (χ4v) is 3.25. The zero-order valence-corrected chi connectivity index (χ0v) is 15.9. The van der Waals surface area contributed by atoms with Crippen LogP contribution >= 0.6 is 23.4 Å². The third-order valence-electron chi connectivity index (χ3n) is 3.17. The first-order valence-electron chi connectivity index (χ1n) is 7.86. The van der Waals surface area contributed by atoms with E-state index in [9.17, 15) is 14.0 Å². The summed E-state index contributed by atoms with van der Waals surface area (Å²) in [6.07, 6.45) is 1.75. The third kappa shape index (κ3) is 6.32. The number of hydrogen-bond donors (Lipinski definition) is 1. The van der Waals surface area contributed by atoms with Gasteiger partial charge in [-0.2, -0.15) is 0 Å². The molecule has 0 saturated carbocycles. The second kappa shape index (κ2) is 9.89. The number of halogens is 2. The fourth-order valence-electron chi connectivity index (χ4n) is 1.90. The highest BCUT2D eigenvalue weighted by Gasteiger charge is 2.26. The van der Waals surface area contributed by atoms with Crippen LogP contribution in [-0.2, 0) is 14.3 Å². The summed E-state index contributed by atoms with van der Waals surface area (Å²) in [6.45, 7) is 7.51. The Hall–Kier alpha value is -1.27. The molecule has 1 unspecified atom stereocenters. The zero-order chi connectivity index (χ0) is 18.3. The van der Waals surface area contributed by atoms with Crippen LogP contribution in [0, 0.1) is 11.7 Å². The van der Waals surface area contributed by atoms with E-state index in [1.165, 1.54) is 24.8 Å². The van der Waals surface area contributed by atoms with Crippen molar-refractivity contribution in [3.63, 3.8) is 0 Å². The topological polar surface area (TPSA) is 55.4 Å². The Labute approximate surface area is 151 Å². The molecular weight excluding hydrogens is 353 g/mol. The maximum Gasteiger partial charge on any atom is 0.319 e. The largest absolute Gasteiger partial charge is 0.465 e. The minimum Gasteiger partial charge on any atom is -0.465 e. The van der Waals surface area contributed by atoms with Crippen LogP contribution < -0.4 is 5.32 Å². The smallest absolute Gasteiger partial charge is 0.319 e. The molecule has 0 radical (unpaired) electrons. The maximum atomic E-state index is 13.9. The number of amides is 1. The number of anilines is 1. The number of benzene rings is 1. The molecule has 0 aliphatic heterocycles. The standard InChI is InChI=1S/C17H23ClFNO3S/c1-5-6-7-23-17(22)16(10(2)3)24-15-9-14(20-11(4)21)13(19)8-12(15)18/h8-10,16H,5-7H2,1-4H3,(H,20,21). The Morgan fingerprint density at radius 2 is 2.04 bits per heavy atom. The van der Waals surface area contributed by atoms with Crippen molar-refractivity contribution in [2.75, 3.05) is 11.9 Å². The van der Waals surface area contributed by atoms with E-state index in [2.05, 4.69) is 5.32 Å². The van der Waals surface area contributed by atoms with Crippen LogP contribution in [0.5, 0.6) is 0 Å². The summed E-state index contributed by atoms with van der Waals surface area (Å²) < 4.78 is 19.1. The van der Waals surface area contributed by atoms with E-state index in [0.717, 1.165) is 18.9 Å². The number of esters is 1. The van der Waals surface area contributed by atoms with Gasteiger partial charge in [-0.15, -0.1) is 11.8 Å². The van der Waals surface area contributed by atoms with Crippen molar-refractivity contribution in [2.24, 2.45) is 5.92 Å². The van der Waals surface area contributed by atoms with E-state index in [1.807, 2.05) is 20.8 Å². The van der Waals surface area contributed by atoms with E-state index in [4.69, 9.17) is 16.3 Å². The van der Waals surface area contributed by atoms with Gasteiger partial charge in [-0.3, -0.25) is 9.59 Å². The molecule has 0 fully saturated rings. The summed E-state index contributed by atoms with van der Waals surface area (Å²) >= 11 is 7.31. The van der Waals surface area contributed by atoms with Gasteiger partial charge in [-0.05, 0) is 24.5 Å². The van der Waals surface area contributed by atoms with Gasteiger partial charge in [0.15, 0.2) is 0 Å². The average molecular weight is 376 g/mol. The molecule has 1 aromatic carbocycles. The predicted molar refractivity (Wildman–Crippen MR) is 96.1 cm³/mol. The predicted octanol–water partition coefficient (Wildman–Crippen LogP) is 4.90. The van der Waals surface area contributed by atoms with Gasteiger partial charge in [0.05, 0.1) is 17.3 Å². The van der Waals surface area contributed by atoms with Gasteiger partial charge in [0.25, 0.3) is 0 Å². The number of rotatable bonds is 8. The molecule has 1 atom stereocenters. The molecule has 1 rings (SSSR count). The minimum atomic E-state index is -0.619. The first-order valence-corrected chi connectivity index (χ1v) is 9.11. The summed E-state index contributed by atoms with van der Waals surface area (Å²) in [6, 6.07) is 2.58. The normalized spacial score (nSPS) is 12.1. The molecule has 0 aliphatic rings. The Morgan fingerprint density at radius 1 is 1.38 bits per heavy atom. The number of carbonyl (C=O) groups is 2. The molecule has 0 aromatic heterocycles. The van der Waals surface area contributed by atoms with Crippen LogP contribution in [0.1, 0.15) is 40.5 Å². The van der Waals surface area contributed by atoms with Crippen LogP contribution in [0.15, 0.2) is 17.0 Å². The summed E-state index contributed by atoms with van der Waals surface area (Å²) in [7, 11) is 0. The van der Waals surface area contributed by atoms with Crippen LogP contribution in [0.2, 0.25) is 5.02 Å². The fraction of sp³-hybridized carbons (Fsp3) is 0.529. The molecule has 134 valence electrons. The molecule has 24 heavy (non-hydrogen) atoms. The zero-order valence-electron chi connectivity index (χ0n) is 14.3. The number of ether oxygens (including phenoxy) is 1. The highest BCUT2D eigenvalue weighted by Crippen LogP contribution is 2.37. The van der Waals surface area contributed by atoms with E-state index in [1.54, 1.807) is 0 Å². The molecule has 0 saturated heterocycles. The van der Waals surface area contributed by atoms with Crippen molar-refractivity contribution in [1.82, 2.24) is 0 Å². The van der Waals surface area contributed by atoms with Crippen molar-refractivity contribution in [3.05, 3.63) is 23.0 Å². The monoisotopic (exact) mass is 375 g/mol. The van der Waals surface area contributed by atoms with E-state index < -0.39 is 11.1 Å². The highest BCUT2D eigenvalue weighted by molar-refractivity contribution is 8.00. The lowest BCUT2D eigenvalue weighted by Crippen LogP contribution is -2.26. The van der Waals surface area contributed by atoms with Crippen molar-refractivity contribution in [2.45, 2.75) is 50.7 Å². The first kappa shape index (κ1) is 20.8. The third-order valence-corrected chi connectivity index (χ3v) is 5.17. The quantitative estimate of drug-likeness (QED) is 0.399. The molecule has 1 aromatic rings. The van der Waals surface area contributed by atoms with E-state index in [0.29, 0.717) is 11.5 Å². The van der Waals surface area contributed by atoms with Crippen molar-refractivity contribution in [1.29, 1.82) is 0 Å². The van der Waals surface area contributed by atoms with Gasteiger partial charge in [0.2, 0.25) is 5.91 Å². The van der Waals surface area contributed by atoms with Crippen molar-refractivity contribution < 1.29 is 18.7 Å². The Bertz CT molecular complexity index is 595. The van der Waals surface area contributed by atoms with Gasteiger partial charge < -0.3 is 10.1 Å². The molecule has 4 nitrogen and oxygen atoms in total. The lowest BCUT2D eigenvalue weighted by atomic mass is 10.1. The Balaban J connectivity index is 2.97. The van der Waals surface area contributed by atoms with Crippen LogP contribution in [0.4, 0.5) is 10.1 Å². The molecule has 1 amide bonds. The van der Waals surface area contributed by atoms with E-state index >= 15 is 0 Å². The second-order valence-corrected chi connectivity index (χ2v) is 7.34. The molecule has 1 N–H and O–H groups in total. The number of hydrogen-bond acceptors (Lipinski definition) is 4. The second-order valence-electron chi connectivity index (χ2n) is 5.75. The highest BCUT2D eigenvalue weighted by atomic mass is 35.5. The number of thioether (sulfide) groups is 1. The lowest BCUT2D eigenvalue weighted by Gasteiger charge is -2.20. The molecule has 0 spiro atoms. The summed E-state index contributed by atoms with van der Waals surface area (Å²) in [4.78, 5) is 24.0. The SMILES string of the molecule is CCCCOC(=O)C(Sc1cc(NC(C)=O)c(F)cc1Cl)C(C)C. The molecule has 0 aliphatic carbocycles. The number of unbranched alkanes of at least 4 members (excludes halogenated alkanes) is 1. The van der Waals surface area contributed by atoms with Crippen LogP contribution in [-0.4, -0.2) is 23.7 Å². The minimum absolute atomic E-state index is 0.00876. The average Bonchev–Trinajstić information content (AvgIpc) is 2.48. The number of carbonyl (C=O) groups excluding carboxylic acids is 2. The van der Waals surface area contributed by atoms with Crippen molar-refractivity contribution >= 4 is 40.9 Å². The first-order chi connectivity index (χ1) is 11.3. The maximum absolute atomic E-state index is 13.9. The molecule has 7 heteroatoms. The van der Waals surface area contributed by atoms with Crippen molar-refractivity contribution in [3.8, 4) is 0 Å². The number of nitrogens with one attached hydrogen (secondary N) is 1. The Morgan fingerprint density at radius 3 is 2.58 bits per heavy atom. The molecule has 0 heterocycles. The summed E-state index contributed by atoms with van der Waals surface area (Å²) in [5.74, 6) is -1.31. The van der Waals surface area contributed by atoms with Gasteiger partial charge >= 0.3 is 5.97 Å². The molecule has 0 bridgehead atoms. The van der Waals surface area contributed by atoms with Crippen LogP contribution in [0.3, 0.4) is 0 Å². The van der Waals surface area contributed by atoms with Gasteiger partial charge in [-0.25, -0.2) is 4.39 Å². The van der Waals surface area contributed by atoms with E-state index in [-0.39, 0.29) is 28.5 Å². The van der Waals surface area contributed by atoms with Gasteiger partial charge in [-0.1, -0.05) is 38.8 Å². The lowest BCUT2D eigenvalue weighted by molar-refractivity contribution is -0.143.